The zero-order valence-electron chi connectivity index (χ0n) is 8.14. The molecule has 2 heteroatoms. The highest BCUT2D eigenvalue weighted by molar-refractivity contribution is 5.69. The van der Waals surface area contributed by atoms with E-state index in [2.05, 4.69) is 28.4 Å². The quantitative estimate of drug-likeness (QED) is 0.475. The largest absolute Gasteiger partial charge is 0.469 e. The Morgan fingerprint density at radius 1 is 1.23 bits per heavy atom. The lowest BCUT2D eigenvalue weighted by atomic mass is 10.3. The summed E-state index contributed by atoms with van der Waals surface area (Å²) in [6.45, 7) is 2.00. The number of esters is 1. The molecule has 0 aromatic heterocycles. The smallest absolute Gasteiger partial charge is 0.306 e. The Hall–Kier alpha value is -1.41. The van der Waals surface area contributed by atoms with Crippen LogP contribution < -0.4 is 0 Å². The van der Waals surface area contributed by atoms with E-state index in [1.807, 2.05) is 6.92 Å². The summed E-state index contributed by atoms with van der Waals surface area (Å²) >= 11 is 0. The first-order chi connectivity index (χ1) is 6.31. The third-order valence-corrected chi connectivity index (χ3v) is 1.29. The topological polar surface area (TPSA) is 26.3 Å². The molecule has 0 N–H and O–H groups in total. The SMILES string of the molecule is CCC#CCC#CCCC(=O)OC. The van der Waals surface area contributed by atoms with Gasteiger partial charge in [0.05, 0.1) is 20.0 Å². The highest BCUT2D eigenvalue weighted by atomic mass is 16.5. The van der Waals surface area contributed by atoms with Crippen molar-refractivity contribution in [1.82, 2.24) is 0 Å². The van der Waals surface area contributed by atoms with E-state index >= 15 is 0 Å². The van der Waals surface area contributed by atoms with Gasteiger partial charge >= 0.3 is 5.97 Å². The molecule has 0 aliphatic rings. The number of hydrogen-bond acceptors (Lipinski definition) is 2. The standard InChI is InChI=1S/C11H14O2/c1-3-4-5-6-7-8-9-10-11(12)13-2/h3,6,9-10H2,1-2H3. The minimum Gasteiger partial charge on any atom is -0.469 e. The van der Waals surface area contributed by atoms with Crippen molar-refractivity contribution in [2.45, 2.75) is 32.6 Å². The first kappa shape index (κ1) is 11.6. The van der Waals surface area contributed by atoms with Crippen LogP contribution in [0.15, 0.2) is 0 Å². The fourth-order valence-electron chi connectivity index (χ4n) is 0.649. The van der Waals surface area contributed by atoms with E-state index in [9.17, 15) is 4.79 Å². The summed E-state index contributed by atoms with van der Waals surface area (Å²) < 4.78 is 4.46. The van der Waals surface area contributed by atoms with Crippen LogP contribution in [0, 0.1) is 23.7 Å². The maximum absolute atomic E-state index is 10.6. The normalized spacial score (nSPS) is 7.54. The molecule has 0 saturated carbocycles. The van der Waals surface area contributed by atoms with E-state index in [0.717, 1.165) is 6.42 Å². The van der Waals surface area contributed by atoms with Gasteiger partial charge in [-0.1, -0.05) is 18.8 Å². The summed E-state index contributed by atoms with van der Waals surface area (Å²) in [5.41, 5.74) is 0. The molecule has 0 fully saturated rings. The second-order valence-corrected chi connectivity index (χ2v) is 2.31. The van der Waals surface area contributed by atoms with Crippen LogP contribution in [-0.4, -0.2) is 13.1 Å². The number of carbonyl (C=O) groups is 1. The molecule has 0 amide bonds. The fourth-order valence-corrected chi connectivity index (χ4v) is 0.649. The predicted molar refractivity (Wildman–Crippen MR) is 51.7 cm³/mol. The molecule has 0 saturated heterocycles. The zero-order valence-corrected chi connectivity index (χ0v) is 8.14. The van der Waals surface area contributed by atoms with Crippen LogP contribution in [0.4, 0.5) is 0 Å². The first-order valence-corrected chi connectivity index (χ1v) is 4.29. The van der Waals surface area contributed by atoms with Crippen molar-refractivity contribution < 1.29 is 9.53 Å². The van der Waals surface area contributed by atoms with Crippen LogP contribution in [-0.2, 0) is 9.53 Å². The lowest BCUT2D eigenvalue weighted by molar-refractivity contribution is -0.140. The fraction of sp³-hybridized carbons (Fsp3) is 0.545. The molecule has 0 rings (SSSR count). The summed E-state index contributed by atoms with van der Waals surface area (Å²) in [5, 5.41) is 0. The summed E-state index contributed by atoms with van der Waals surface area (Å²) in [6, 6.07) is 0. The average Bonchev–Trinajstić information content (AvgIpc) is 2.16. The highest BCUT2D eigenvalue weighted by Crippen LogP contribution is 1.89. The summed E-state index contributed by atoms with van der Waals surface area (Å²) in [6.07, 6.45) is 2.38. The molecule has 2 nitrogen and oxygen atoms in total. The molecular weight excluding hydrogens is 164 g/mol. The average molecular weight is 178 g/mol. The van der Waals surface area contributed by atoms with Gasteiger partial charge < -0.3 is 4.74 Å². The van der Waals surface area contributed by atoms with E-state index in [4.69, 9.17) is 0 Å². The Bertz CT molecular complexity index is 257. The van der Waals surface area contributed by atoms with Crippen molar-refractivity contribution in [2.24, 2.45) is 0 Å². The third kappa shape index (κ3) is 8.50. The predicted octanol–water partition coefficient (Wildman–Crippen LogP) is 1.75. The molecule has 0 unspecified atom stereocenters. The van der Waals surface area contributed by atoms with Gasteiger partial charge in [0.1, 0.15) is 0 Å². The number of carbonyl (C=O) groups excluding carboxylic acids is 1. The van der Waals surface area contributed by atoms with Crippen LogP contribution in [0.3, 0.4) is 0 Å². The molecule has 0 aromatic rings. The van der Waals surface area contributed by atoms with Crippen LogP contribution in [0.5, 0.6) is 0 Å². The summed E-state index contributed by atoms with van der Waals surface area (Å²) in [7, 11) is 1.38. The lowest BCUT2D eigenvalue weighted by Crippen LogP contribution is -1.98. The maximum Gasteiger partial charge on any atom is 0.306 e. The van der Waals surface area contributed by atoms with Gasteiger partial charge in [0, 0.05) is 12.8 Å². The zero-order chi connectivity index (χ0) is 9.94. The highest BCUT2D eigenvalue weighted by Gasteiger charge is 1.94. The minimum absolute atomic E-state index is 0.214. The van der Waals surface area contributed by atoms with Crippen molar-refractivity contribution >= 4 is 5.97 Å². The lowest BCUT2D eigenvalue weighted by Gasteiger charge is -1.91. The van der Waals surface area contributed by atoms with Gasteiger partial charge in [-0.15, -0.1) is 11.8 Å². The Kier molecular flexibility index (Phi) is 7.74. The molecule has 0 aromatic carbocycles. The molecular formula is C11H14O2. The number of rotatable bonds is 2. The van der Waals surface area contributed by atoms with E-state index < -0.39 is 0 Å². The molecule has 0 aliphatic heterocycles. The van der Waals surface area contributed by atoms with E-state index in [-0.39, 0.29) is 5.97 Å². The van der Waals surface area contributed by atoms with Crippen molar-refractivity contribution in [3.63, 3.8) is 0 Å². The van der Waals surface area contributed by atoms with Crippen molar-refractivity contribution in [1.29, 1.82) is 0 Å². The third-order valence-electron chi connectivity index (χ3n) is 1.29. The minimum atomic E-state index is -0.214. The molecule has 0 bridgehead atoms. The van der Waals surface area contributed by atoms with E-state index in [0.29, 0.717) is 19.3 Å². The molecule has 0 radical (unpaired) electrons. The van der Waals surface area contributed by atoms with Crippen LogP contribution in [0.25, 0.3) is 0 Å². The van der Waals surface area contributed by atoms with Gasteiger partial charge in [0.2, 0.25) is 0 Å². The second kappa shape index (κ2) is 8.68. The maximum atomic E-state index is 10.6. The Labute approximate surface area is 79.7 Å². The number of methoxy groups -OCH3 is 1. The van der Waals surface area contributed by atoms with Crippen molar-refractivity contribution in [3.8, 4) is 23.7 Å². The Morgan fingerprint density at radius 3 is 2.54 bits per heavy atom. The number of hydrogen-bond donors (Lipinski definition) is 0. The molecule has 13 heavy (non-hydrogen) atoms. The number of ether oxygens (including phenoxy) is 1. The molecule has 70 valence electrons. The van der Waals surface area contributed by atoms with Crippen molar-refractivity contribution in [3.05, 3.63) is 0 Å². The Balaban J connectivity index is 3.46. The molecule has 0 aliphatic carbocycles. The van der Waals surface area contributed by atoms with Crippen molar-refractivity contribution in [2.75, 3.05) is 7.11 Å². The Morgan fingerprint density at radius 2 is 1.92 bits per heavy atom. The first-order valence-electron chi connectivity index (χ1n) is 4.29. The van der Waals surface area contributed by atoms with Gasteiger partial charge in [0.25, 0.3) is 0 Å². The van der Waals surface area contributed by atoms with Gasteiger partial charge in [-0.05, 0) is 0 Å². The summed E-state index contributed by atoms with van der Waals surface area (Å²) in [4.78, 5) is 10.6. The second-order valence-electron chi connectivity index (χ2n) is 2.31. The van der Waals surface area contributed by atoms with E-state index in [1.54, 1.807) is 0 Å². The molecule has 0 spiro atoms. The summed E-state index contributed by atoms with van der Waals surface area (Å²) in [5.74, 6) is 11.3. The monoisotopic (exact) mass is 178 g/mol. The van der Waals surface area contributed by atoms with Crippen LogP contribution in [0.2, 0.25) is 0 Å². The van der Waals surface area contributed by atoms with Gasteiger partial charge in [-0.25, -0.2) is 0 Å². The molecule has 0 heterocycles. The van der Waals surface area contributed by atoms with Gasteiger partial charge in [0.15, 0.2) is 0 Å². The van der Waals surface area contributed by atoms with E-state index in [1.165, 1.54) is 7.11 Å². The van der Waals surface area contributed by atoms with Crippen LogP contribution in [0.1, 0.15) is 32.6 Å². The van der Waals surface area contributed by atoms with Crippen LogP contribution >= 0.6 is 0 Å². The van der Waals surface area contributed by atoms with Gasteiger partial charge in [-0.2, -0.15) is 0 Å². The molecule has 0 atom stereocenters. The van der Waals surface area contributed by atoms with Gasteiger partial charge in [-0.3, -0.25) is 4.79 Å².